The van der Waals surface area contributed by atoms with E-state index in [1.807, 2.05) is 0 Å². The molecular weight excluding hydrogens is 352 g/mol. The van der Waals surface area contributed by atoms with Crippen LogP contribution >= 0.6 is 27.3 Å². The van der Waals surface area contributed by atoms with Crippen LogP contribution in [-0.2, 0) is 22.1 Å². The zero-order valence-corrected chi connectivity index (χ0v) is 13.2. The van der Waals surface area contributed by atoms with Crippen LogP contribution in [0.1, 0.15) is 5.56 Å². The van der Waals surface area contributed by atoms with Crippen LogP contribution < -0.4 is 0 Å². The van der Waals surface area contributed by atoms with Gasteiger partial charge in [0.1, 0.15) is 0 Å². The van der Waals surface area contributed by atoms with Crippen molar-refractivity contribution in [3.8, 4) is 0 Å². The first-order valence-electron chi connectivity index (χ1n) is 5.53. The Morgan fingerprint density at radius 1 is 1.53 bits per heavy atom. The minimum atomic E-state index is -3.33. The van der Waals surface area contributed by atoms with Crippen molar-refractivity contribution < 1.29 is 13.5 Å². The number of rotatable bonds is 6. The summed E-state index contributed by atoms with van der Waals surface area (Å²) in [4.78, 5) is 0. The summed E-state index contributed by atoms with van der Waals surface area (Å²) < 4.78 is 26.3. The minimum Gasteiger partial charge on any atom is -0.390 e. The molecule has 0 bridgehead atoms. The predicted molar refractivity (Wildman–Crippen MR) is 77.7 cm³/mol. The molecule has 0 fully saturated rings. The van der Waals surface area contributed by atoms with Gasteiger partial charge in [-0.2, -0.15) is 5.10 Å². The number of sulfone groups is 1. The van der Waals surface area contributed by atoms with Crippen LogP contribution in [-0.4, -0.2) is 35.2 Å². The molecule has 0 saturated heterocycles. The highest BCUT2D eigenvalue weighted by atomic mass is 79.9. The maximum Gasteiger partial charge on any atom is 0.157 e. The van der Waals surface area contributed by atoms with E-state index < -0.39 is 15.9 Å². The molecule has 1 N–H and O–H groups in total. The van der Waals surface area contributed by atoms with Gasteiger partial charge >= 0.3 is 0 Å². The van der Waals surface area contributed by atoms with Gasteiger partial charge in [-0.3, -0.25) is 4.68 Å². The topological polar surface area (TPSA) is 72.2 Å². The average Bonchev–Trinajstić information content (AvgIpc) is 2.88. The molecule has 0 saturated carbocycles. The van der Waals surface area contributed by atoms with Crippen LogP contribution in [0.4, 0.5) is 0 Å². The lowest BCUT2D eigenvalue weighted by atomic mass is 10.4. The quantitative estimate of drug-likeness (QED) is 0.846. The standard InChI is InChI=1S/C11H13BrN2O3S2/c12-11-4-9(6-18-11)7-19(16,17)8-10(15)5-14-3-1-2-13-14/h1-4,6,10,15H,5,7-8H2. The van der Waals surface area contributed by atoms with Gasteiger partial charge in [0.25, 0.3) is 0 Å². The summed E-state index contributed by atoms with van der Waals surface area (Å²) in [6, 6.07) is 3.51. The van der Waals surface area contributed by atoms with Crippen molar-refractivity contribution in [2.45, 2.75) is 18.4 Å². The Labute approximate surface area is 123 Å². The third-order valence-electron chi connectivity index (χ3n) is 2.41. The molecule has 0 aliphatic heterocycles. The fourth-order valence-corrected chi connectivity index (χ4v) is 4.50. The summed E-state index contributed by atoms with van der Waals surface area (Å²) >= 11 is 4.74. The van der Waals surface area contributed by atoms with E-state index in [-0.39, 0.29) is 18.1 Å². The van der Waals surface area contributed by atoms with Crippen LogP contribution in [0.2, 0.25) is 0 Å². The molecular formula is C11H13BrN2O3S2. The zero-order valence-electron chi connectivity index (χ0n) is 9.94. The second-order valence-corrected chi connectivity index (χ2v) is 8.60. The summed E-state index contributed by atoms with van der Waals surface area (Å²) in [7, 11) is -3.33. The largest absolute Gasteiger partial charge is 0.390 e. The fourth-order valence-electron chi connectivity index (χ4n) is 1.70. The Hall–Kier alpha value is -0.700. The highest BCUT2D eigenvalue weighted by Crippen LogP contribution is 2.22. The van der Waals surface area contributed by atoms with Crippen molar-refractivity contribution in [1.29, 1.82) is 0 Å². The molecule has 0 aromatic carbocycles. The SMILES string of the molecule is O=S(=O)(Cc1csc(Br)c1)CC(O)Cn1cccn1. The van der Waals surface area contributed by atoms with E-state index in [9.17, 15) is 13.5 Å². The number of hydrogen-bond acceptors (Lipinski definition) is 5. The monoisotopic (exact) mass is 364 g/mol. The number of aliphatic hydroxyl groups excluding tert-OH is 1. The number of halogens is 1. The summed E-state index contributed by atoms with van der Waals surface area (Å²) in [6.07, 6.45) is 2.32. The first-order chi connectivity index (χ1) is 8.94. The van der Waals surface area contributed by atoms with Crippen LogP contribution in [0, 0.1) is 0 Å². The zero-order chi connectivity index (χ0) is 13.9. The van der Waals surface area contributed by atoms with E-state index in [1.54, 1.807) is 29.9 Å². The van der Waals surface area contributed by atoms with E-state index in [4.69, 9.17) is 0 Å². The van der Waals surface area contributed by atoms with E-state index >= 15 is 0 Å². The maximum atomic E-state index is 11.9. The highest BCUT2D eigenvalue weighted by Gasteiger charge is 2.19. The summed E-state index contributed by atoms with van der Waals surface area (Å²) in [5.74, 6) is -0.314. The minimum absolute atomic E-state index is 0.0503. The van der Waals surface area contributed by atoms with Gasteiger partial charge in [0.15, 0.2) is 9.84 Å². The molecule has 2 aromatic heterocycles. The average molecular weight is 365 g/mol. The third-order valence-corrected chi connectivity index (χ3v) is 5.63. The molecule has 0 aliphatic carbocycles. The van der Waals surface area contributed by atoms with Crippen molar-refractivity contribution in [3.05, 3.63) is 39.3 Å². The predicted octanol–water partition coefficient (Wildman–Crippen LogP) is 1.68. The molecule has 0 amide bonds. The van der Waals surface area contributed by atoms with Gasteiger partial charge in [0, 0.05) is 12.4 Å². The molecule has 1 unspecified atom stereocenters. The van der Waals surface area contributed by atoms with Crippen molar-refractivity contribution in [3.63, 3.8) is 0 Å². The van der Waals surface area contributed by atoms with Gasteiger partial charge in [0.05, 0.1) is 27.9 Å². The van der Waals surface area contributed by atoms with Crippen LogP contribution in [0.25, 0.3) is 0 Å². The Kier molecular flexibility index (Phi) is 4.77. The van der Waals surface area contributed by atoms with Gasteiger partial charge in [-0.25, -0.2) is 8.42 Å². The van der Waals surface area contributed by atoms with Crippen molar-refractivity contribution in [1.82, 2.24) is 9.78 Å². The second kappa shape index (κ2) is 6.17. The van der Waals surface area contributed by atoms with Gasteiger partial charge in [-0.1, -0.05) is 0 Å². The van der Waals surface area contributed by atoms with E-state index in [0.717, 1.165) is 9.35 Å². The van der Waals surface area contributed by atoms with Gasteiger partial charge in [-0.15, -0.1) is 11.3 Å². The van der Waals surface area contributed by atoms with Crippen molar-refractivity contribution >= 4 is 37.1 Å². The lowest BCUT2D eigenvalue weighted by molar-refractivity contribution is 0.171. The summed E-state index contributed by atoms with van der Waals surface area (Å²) in [6.45, 7) is 0.180. The van der Waals surface area contributed by atoms with E-state index in [1.165, 1.54) is 16.0 Å². The molecule has 2 heterocycles. The van der Waals surface area contributed by atoms with Crippen LogP contribution in [0.3, 0.4) is 0 Å². The number of thiophene rings is 1. The van der Waals surface area contributed by atoms with Crippen molar-refractivity contribution in [2.24, 2.45) is 0 Å². The van der Waals surface area contributed by atoms with Crippen molar-refractivity contribution in [2.75, 3.05) is 5.75 Å². The fraction of sp³-hybridized carbons (Fsp3) is 0.364. The first kappa shape index (κ1) is 14.7. The molecule has 2 rings (SSSR count). The maximum absolute atomic E-state index is 11.9. The highest BCUT2D eigenvalue weighted by molar-refractivity contribution is 9.11. The van der Waals surface area contributed by atoms with E-state index in [2.05, 4.69) is 21.0 Å². The van der Waals surface area contributed by atoms with Crippen LogP contribution in [0.15, 0.2) is 33.7 Å². The number of nitrogens with zero attached hydrogens (tertiary/aromatic N) is 2. The Bertz CT molecular complexity index is 622. The lowest BCUT2D eigenvalue weighted by Crippen LogP contribution is -2.26. The lowest BCUT2D eigenvalue weighted by Gasteiger charge is -2.11. The molecule has 8 heteroatoms. The van der Waals surface area contributed by atoms with E-state index in [0.29, 0.717) is 0 Å². The van der Waals surface area contributed by atoms with Crippen LogP contribution in [0.5, 0.6) is 0 Å². The number of hydrogen-bond donors (Lipinski definition) is 1. The number of aromatic nitrogens is 2. The molecule has 104 valence electrons. The Morgan fingerprint density at radius 3 is 2.89 bits per heavy atom. The Morgan fingerprint density at radius 2 is 2.32 bits per heavy atom. The normalized spacial score (nSPS) is 13.6. The van der Waals surface area contributed by atoms with Gasteiger partial charge < -0.3 is 5.11 Å². The number of aliphatic hydroxyl groups is 1. The van der Waals surface area contributed by atoms with Gasteiger partial charge in [-0.05, 0) is 39.0 Å². The summed E-state index contributed by atoms with van der Waals surface area (Å²) in [5, 5.41) is 15.5. The molecule has 19 heavy (non-hydrogen) atoms. The molecule has 0 spiro atoms. The molecule has 1 atom stereocenters. The third kappa shape index (κ3) is 4.72. The Balaban J connectivity index is 1.93. The molecule has 5 nitrogen and oxygen atoms in total. The summed E-state index contributed by atoms with van der Waals surface area (Å²) in [5.41, 5.74) is 0.739. The first-order valence-corrected chi connectivity index (χ1v) is 9.03. The molecule has 0 aliphatic rings. The second-order valence-electron chi connectivity index (χ2n) is 4.20. The smallest absolute Gasteiger partial charge is 0.157 e. The molecule has 0 radical (unpaired) electrons. The van der Waals surface area contributed by atoms with Gasteiger partial charge in [0.2, 0.25) is 0 Å². The molecule has 2 aromatic rings.